The second-order valence-electron chi connectivity index (χ2n) is 4.89. The van der Waals surface area contributed by atoms with Crippen LogP contribution in [-0.4, -0.2) is 11.8 Å². The Bertz CT molecular complexity index is 670. The first-order valence-corrected chi connectivity index (χ1v) is 8.01. The first kappa shape index (κ1) is 14.0. The Morgan fingerprint density at radius 2 is 2.00 bits per heavy atom. The molecule has 3 rings (SSSR count). The molecule has 0 aliphatic heterocycles. The third-order valence-electron chi connectivity index (χ3n) is 3.61. The van der Waals surface area contributed by atoms with Crippen LogP contribution < -0.4 is 4.72 Å². The van der Waals surface area contributed by atoms with E-state index in [1.807, 2.05) is 19.1 Å². The lowest BCUT2D eigenvalue weighted by Gasteiger charge is -2.09. The van der Waals surface area contributed by atoms with Gasteiger partial charge in [0.05, 0.1) is 0 Å². The van der Waals surface area contributed by atoms with Gasteiger partial charge in [0, 0.05) is 5.75 Å². The molecule has 0 heterocycles. The van der Waals surface area contributed by atoms with Gasteiger partial charge in [-0.1, -0.05) is 49.4 Å². The van der Waals surface area contributed by atoms with E-state index in [2.05, 4.69) is 35.1 Å². The highest BCUT2D eigenvalue weighted by Gasteiger charge is 2.20. The molecule has 0 unspecified atom stereocenters. The minimum atomic E-state index is -0.380. The zero-order chi connectivity index (χ0) is 14.7. The van der Waals surface area contributed by atoms with E-state index in [4.69, 9.17) is 4.74 Å². The Balaban J connectivity index is 1.76. The van der Waals surface area contributed by atoms with Gasteiger partial charge in [0.15, 0.2) is 0 Å². The van der Waals surface area contributed by atoms with Crippen molar-refractivity contribution in [2.24, 2.45) is 0 Å². The number of carbonyl (C=O) groups is 1. The number of hydrogen-bond donors (Lipinski definition) is 1. The maximum Gasteiger partial charge on any atom is 0.417 e. The molecule has 4 heteroatoms. The number of hydrogen-bond acceptors (Lipinski definition) is 3. The van der Waals surface area contributed by atoms with Crippen molar-refractivity contribution in [3.63, 3.8) is 0 Å². The fourth-order valence-electron chi connectivity index (χ4n) is 2.66. The molecule has 0 spiro atoms. The molecule has 0 fully saturated rings. The topological polar surface area (TPSA) is 38.3 Å². The Labute approximate surface area is 128 Å². The third kappa shape index (κ3) is 2.90. The van der Waals surface area contributed by atoms with E-state index in [1.165, 1.54) is 34.2 Å². The van der Waals surface area contributed by atoms with E-state index in [-0.39, 0.29) is 6.09 Å². The molecule has 0 atom stereocenters. The number of benzene rings is 2. The van der Waals surface area contributed by atoms with Crippen LogP contribution in [0.15, 0.2) is 42.5 Å². The lowest BCUT2D eigenvalue weighted by Crippen LogP contribution is -2.17. The largest absolute Gasteiger partial charge is 0.444 e. The number of fused-ring (bicyclic) bond motifs is 3. The van der Waals surface area contributed by atoms with E-state index < -0.39 is 0 Å². The number of rotatable bonds is 4. The molecule has 0 saturated carbocycles. The summed E-state index contributed by atoms with van der Waals surface area (Å²) >= 11 is 1.34. The molecule has 21 heavy (non-hydrogen) atoms. The van der Waals surface area contributed by atoms with Gasteiger partial charge in [0.1, 0.15) is 6.61 Å². The van der Waals surface area contributed by atoms with E-state index in [0.29, 0.717) is 6.61 Å². The quantitative estimate of drug-likeness (QED) is 0.735. The predicted octanol–water partition coefficient (Wildman–Crippen LogP) is 4.15. The van der Waals surface area contributed by atoms with Crippen LogP contribution in [-0.2, 0) is 17.8 Å². The van der Waals surface area contributed by atoms with Crippen molar-refractivity contribution in [2.45, 2.75) is 20.0 Å². The van der Waals surface area contributed by atoms with E-state index in [1.54, 1.807) is 0 Å². The predicted molar refractivity (Wildman–Crippen MR) is 86.1 cm³/mol. The van der Waals surface area contributed by atoms with Crippen molar-refractivity contribution in [3.05, 3.63) is 59.2 Å². The molecule has 1 N–H and O–H groups in total. The highest BCUT2D eigenvalue weighted by atomic mass is 32.2. The van der Waals surface area contributed by atoms with Crippen LogP contribution in [0.5, 0.6) is 0 Å². The van der Waals surface area contributed by atoms with Gasteiger partial charge in [-0.05, 0) is 46.2 Å². The fourth-order valence-corrected chi connectivity index (χ4v) is 2.98. The molecule has 0 aromatic heterocycles. The molecule has 0 saturated heterocycles. The van der Waals surface area contributed by atoms with E-state index >= 15 is 0 Å². The Morgan fingerprint density at radius 1 is 1.19 bits per heavy atom. The van der Waals surface area contributed by atoms with Crippen LogP contribution >= 0.6 is 11.9 Å². The smallest absolute Gasteiger partial charge is 0.417 e. The van der Waals surface area contributed by atoms with Crippen LogP contribution in [0.2, 0.25) is 0 Å². The second kappa shape index (κ2) is 6.22. The van der Waals surface area contributed by atoms with Gasteiger partial charge in [0.25, 0.3) is 0 Å². The van der Waals surface area contributed by atoms with Crippen molar-refractivity contribution in [1.29, 1.82) is 0 Å². The summed E-state index contributed by atoms with van der Waals surface area (Å²) in [5.74, 6) is 0.825. The van der Waals surface area contributed by atoms with E-state index in [9.17, 15) is 4.79 Å². The van der Waals surface area contributed by atoms with E-state index in [0.717, 1.165) is 17.7 Å². The summed E-state index contributed by atoms with van der Waals surface area (Å²) in [5, 5.41) is 0. The maximum absolute atomic E-state index is 11.5. The summed E-state index contributed by atoms with van der Waals surface area (Å²) in [7, 11) is 0. The molecule has 1 amide bonds. The van der Waals surface area contributed by atoms with Gasteiger partial charge in [-0.2, -0.15) is 0 Å². The van der Waals surface area contributed by atoms with Crippen LogP contribution in [0.25, 0.3) is 11.1 Å². The highest BCUT2D eigenvalue weighted by molar-refractivity contribution is 7.97. The summed E-state index contributed by atoms with van der Waals surface area (Å²) < 4.78 is 7.93. The SMILES string of the molecule is CCSNC(=O)OCc1cccc2c1Cc1ccccc1-2. The number of amides is 1. The Morgan fingerprint density at radius 3 is 2.86 bits per heavy atom. The van der Waals surface area contributed by atoms with Crippen molar-refractivity contribution >= 4 is 18.0 Å². The van der Waals surface area contributed by atoms with Gasteiger partial charge in [-0.3, -0.25) is 4.72 Å². The second-order valence-corrected chi connectivity index (χ2v) is 5.96. The normalized spacial score (nSPS) is 11.7. The van der Waals surface area contributed by atoms with Crippen molar-refractivity contribution < 1.29 is 9.53 Å². The molecular weight excluding hydrogens is 282 g/mol. The highest BCUT2D eigenvalue weighted by Crippen LogP contribution is 2.38. The molecule has 0 radical (unpaired) electrons. The van der Waals surface area contributed by atoms with Crippen LogP contribution in [0, 0.1) is 0 Å². The number of ether oxygens (including phenoxy) is 1. The van der Waals surface area contributed by atoms with Gasteiger partial charge >= 0.3 is 6.09 Å². The van der Waals surface area contributed by atoms with Crippen LogP contribution in [0.3, 0.4) is 0 Å². The van der Waals surface area contributed by atoms with Crippen molar-refractivity contribution in [2.75, 3.05) is 5.75 Å². The molecule has 2 aromatic rings. The monoisotopic (exact) mass is 299 g/mol. The summed E-state index contributed by atoms with van der Waals surface area (Å²) in [6, 6.07) is 14.6. The lowest BCUT2D eigenvalue weighted by molar-refractivity contribution is 0.146. The zero-order valence-electron chi connectivity index (χ0n) is 11.9. The fraction of sp³-hybridized carbons (Fsp3) is 0.235. The van der Waals surface area contributed by atoms with Crippen LogP contribution in [0.1, 0.15) is 23.6 Å². The molecule has 2 aromatic carbocycles. The minimum Gasteiger partial charge on any atom is -0.444 e. The standard InChI is InChI=1S/C17H17NO2S/c1-2-21-18-17(19)20-11-13-7-5-9-15-14-8-4-3-6-12(14)10-16(13)15/h3-9H,2,10-11H2,1H3,(H,18,19). The number of carbonyl (C=O) groups excluding carboxylic acids is 1. The van der Waals surface area contributed by atoms with Gasteiger partial charge in [-0.25, -0.2) is 4.79 Å². The van der Waals surface area contributed by atoms with Gasteiger partial charge in [0.2, 0.25) is 0 Å². The van der Waals surface area contributed by atoms with Crippen LogP contribution in [0.4, 0.5) is 4.79 Å². The van der Waals surface area contributed by atoms with Gasteiger partial charge < -0.3 is 4.74 Å². The molecule has 1 aliphatic rings. The molecule has 1 aliphatic carbocycles. The maximum atomic E-state index is 11.5. The van der Waals surface area contributed by atoms with Gasteiger partial charge in [-0.15, -0.1) is 0 Å². The first-order chi connectivity index (χ1) is 10.3. The average molecular weight is 299 g/mol. The first-order valence-electron chi connectivity index (χ1n) is 7.03. The number of nitrogens with one attached hydrogen (secondary N) is 1. The summed E-state index contributed by atoms with van der Waals surface area (Å²) in [4.78, 5) is 11.5. The third-order valence-corrected chi connectivity index (χ3v) is 4.21. The Kier molecular flexibility index (Phi) is 4.15. The molecular formula is C17H17NO2S. The summed E-state index contributed by atoms with van der Waals surface area (Å²) in [5.41, 5.74) is 6.25. The van der Waals surface area contributed by atoms with Crippen molar-refractivity contribution in [3.8, 4) is 11.1 Å². The molecule has 108 valence electrons. The summed E-state index contributed by atoms with van der Waals surface area (Å²) in [6.45, 7) is 2.29. The minimum absolute atomic E-state index is 0.313. The molecule has 3 nitrogen and oxygen atoms in total. The summed E-state index contributed by atoms with van der Waals surface area (Å²) in [6.07, 6.45) is 0.533. The molecule has 0 bridgehead atoms. The lowest BCUT2D eigenvalue weighted by atomic mass is 10.0. The zero-order valence-corrected chi connectivity index (χ0v) is 12.7. The average Bonchev–Trinajstić information content (AvgIpc) is 2.90. The Hall–Kier alpha value is -1.94. The van der Waals surface area contributed by atoms with Crippen molar-refractivity contribution in [1.82, 2.24) is 4.72 Å².